The summed E-state index contributed by atoms with van der Waals surface area (Å²) in [6.07, 6.45) is 0. The number of esters is 1. The van der Waals surface area contributed by atoms with Gasteiger partial charge in [0.2, 0.25) is 0 Å². The van der Waals surface area contributed by atoms with Gasteiger partial charge in [-0.2, -0.15) is 0 Å². The van der Waals surface area contributed by atoms with E-state index in [1.165, 1.54) is 6.07 Å². The van der Waals surface area contributed by atoms with Gasteiger partial charge in [0.15, 0.2) is 0 Å². The zero-order valence-electron chi connectivity index (χ0n) is 9.01. The van der Waals surface area contributed by atoms with Crippen LogP contribution in [0, 0.1) is 5.82 Å². The fourth-order valence-corrected chi connectivity index (χ4v) is 2.11. The van der Waals surface area contributed by atoms with E-state index in [2.05, 4.69) is 20.9 Å². The molecule has 1 heterocycles. The number of rotatable bonds is 2. The van der Waals surface area contributed by atoms with Gasteiger partial charge in [0.1, 0.15) is 17.2 Å². The number of H-pyrrole nitrogens is 1. The molecule has 3 N–H and O–H groups in total. The van der Waals surface area contributed by atoms with Gasteiger partial charge in [-0.3, -0.25) is 0 Å². The van der Waals surface area contributed by atoms with Gasteiger partial charge in [0.25, 0.3) is 0 Å². The third-order valence-corrected chi connectivity index (χ3v) is 2.78. The number of nitrogens with two attached hydrogens (primary N) is 1. The van der Waals surface area contributed by atoms with Crippen LogP contribution < -0.4 is 5.73 Å². The highest BCUT2D eigenvalue weighted by molar-refractivity contribution is 9.10. The lowest BCUT2D eigenvalue weighted by Crippen LogP contribution is -2.07. The first-order valence-electron chi connectivity index (χ1n) is 4.98. The smallest absolute Gasteiger partial charge is 0.342 e. The highest BCUT2D eigenvalue weighted by Gasteiger charge is 2.21. The molecule has 0 spiro atoms. The fourth-order valence-electron chi connectivity index (χ4n) is 1.68. The van der Waals surface area contributed by atoms with Gasteiger partial charge in [-0.05, 0) is 19.1 Å². The number of fused-ring (bicyclic) bond motifs is 1. The lowest BCUT2D eigenvalue weighted by atomic mass is 10.1. The van der Waals surface area contributed by atoms with Crippen molar-refractivity contribution in [3.05, 3.63) is 28.0 Å². The third-order valence-electron chi connectivity index (χ3n) is 2.32. The zero-order chi connectivity index (χ0) is 12.6. The molecule has 1 aromatic heterocycles. The Labute approximate surface area is 105 Å². The van der Waals surface area contributed by atoms with Crippen molar-refractivity contribution in [2.75, 3.05) is 12.3 Å². The Bertz CT molecular complexity index is 595. The minimum absolute atomic E-state index is 0.0480. The first-order chi connectivity index (χ1) is 8.04. The second kappa shape index (κ2) is 4.37. The summed E-state index contributed by atoms with van der Waals surface area (Å²) in [6, 6.07) is 2.93. The molecule has 0 unspecified atom stereocenters. The number of hydrogen-bond acceptors (Lipinski definition) is 3. The lowest BCUT2D eigenvalue weighted by molar-refractivity contribution is 0.0529. The van der Waals surface area contributed by atoms with Crippen molar-refractivity contribution < 1.29 is 13.9 Å². The molecule has 6 heteroatoms. The van der Waals surface area contributed by atoms with E-state index in [1.54, 1.807) is 13.0 Å². The second-order valence-electron chi connectivity index (χ2n) is 3.44. The number of hydrogen-bond donors (Lipinski definition) is 2. The number of halogens is 2. The van der Waals surface area contributed by atoms with E-state index in [-0.39, 0.29) is 23.4 Å². The van der Waals surface area contributed by atoms with Gasteiger partial charge < -0.3 is 15.5 Å². The van der Waals surface area contributed by atoms with Crippen LogP contribution in [0.25, 0.3) is 10.9 Å². The molecule has 0 saturated heterocycles. The van der Waals surface area contributed by atoms with Crippen LogP contribution in [0.15, 0.2) is 16.6 Å². The molecule has 0 radical (unpaired) electrons. The monoisotopic (exact) mass is 300 g/mol. The largest absolute Gasteiger partial charge is 0.462 e. The first-order valence-corrected chi connectivity index (χ1v) is 5.77. The highest BCUT2D eigenvalue weighted by Crippen LogP contribution is 2.30. The Morgan fingerprint density at radius 2 is 2.29 bits per heavy atom. The van der Waals surface area contributed by atoms with Crippen molar-refractivity contribution in [1.82, 2.24) is 4.98 Å². The summed E-state index contributed by atoms with van der Waals surface area (Å²) in [5.41, 5.74) is 6.17. The predicted octanol–water partition coefficient (Wildman–Crippen LogP) is 2.83. The molecule has 0 aliphatic carbocycles. The van der Waals surface area contributed by atoms with Crippen LogP contribution in [0.5, 0.6) is 0 Å². The Kier molecular flexibility index (Phi) is 3.06. The molecule has 0 aliphatic heterocycles. The Hall–Kier alpha value is -1.56. The third kappa shape index (κ3) is 2.00. The van der Waals surface area contributed by atoms with Gasteiger partial charge >= 0.3 is 5.97 Å². The van der Waals surface area contributed by atoms with Crippen LogP contribution in [0.1, 0.15) is 17.3 Å². The normalized spacial score (nSPS) is 10.8. The van der Waals surface area contributed by atoms with Crippen molar-refractivity contribution in [3.63, 3.8) is 0 Å². The number of nitrogens with one attached hydrogen (secondary N) is 1. The Balaban J connectivity index is 2.71. The summed E-state index contributed by atoms with van der Waals surface area (Å²) in [4.78, 5) is 14.4. The summed E-state index contributed by atoms with van der Waals surface area (Å²) in [7, 11) is 0. The van der Waals surface area contributed by atoms with E-state index in [0.717, 1.165) is 0 Å². The molecule has 0 amide bonds. The van der Waals surface area contributed by atoms with Crippen molar-refractivity contribution >= 4 is 38.6 Å². The molecule has 2 aromatic rings. The van der Waals surface area contributed by atoms with Gasteiger partial charge in [0.05, 0.1) is 17.5 Å². The Morgan fingerprint density at radius 1 is 1.59 bits per heavy atom. The molecule has 0 aliphatic rings. The number of aromatic amines is 1. The van der Waals surface area contributed by atoms with E-state index in [4.69, 9.17) is 10.5 Å². The van der Waals surface area contributed by atoms with E-state index >= 15 is 0 Å². The van der Waals surface area contributed by atoms with E-state index in [0.29, 0.717) is 9.99 Å². The molecule has 0 saturated carbocycles. The summed E-state index contributed by atoms with van der Waals surface area (Å²) < 4.78 is 19.2. The average molecular weight is 301 g/mol. The molecule has 2 rings (SSSR count). The second-order valence-corrected chi connectivity index (χ2v) is 4.36. The van der Waals surface area contributed by atoms with Gasteiger partial charge in [-0.15, -0.1) is 0 Å². The highest BCUT2D eigenvalue weighted by atomic mass is 79.9. The van der Waals surface area contributed by atoms with Gasteiger partial charge in [-0.1, -0.05) is 15.9 Å². The van der Waals surface area contributed by atoms with Crippen LogP contribution in [0.4, 0.5) is 10.2 Å². The average Bonchev–Trinajstić information content (AvgIpc) is 2.54. The molecular formula is C11H10BrFN2O2. The van der Waals surface area contributed by atoms with Crippen molar-refractivity contribution in [3.8, 4) is 0 Å². The summed E-state index contributed by atoms with van der Waals surface area (Å²) in [5, 5.41) is 0.157. The number of aromatic nitrogens is 1. The van der Waals surface area contributed by atoms with Crippen molar-refractivity contribution in [2.24, 2.45) is 0 Å². The number of carbonyl (C=O) groups is 1. The van der Waals surface area contributed by atoms with E-state index in [9.17, 15) is 9.18 Å². The number of benzene rings is 1. The fraction of sp³-hybridized carbons (Fsp3) is 0.182. The lowest BCUT2D eigenvalue weighted by Gasteiger charge is -2.02. The molecular weight excluding hydrogens is 291 g/mol. The van der Waals surface area contributed by atoms with Gasteiger partial charge in [-0.25, -0.2) is 9.18 Å². The van der Waals surface area contributed by atoms with Gasteiger partial charge in [0, 0.05) is 4.47 Å². The number of anilines is 1. The summed E-state index contributed by atoms with van der Waals surface area (Å²) in [5.74, 6) is -1.04. The van der Waals surface area contributed by atoms with Crippen LogP contribution in [-0.2, 0) is 4.74 Å². The quantitative estimate of drug-likeness (QED) is 0.838. The maximum absolute atomic E-state index is 13.8. The van der Waals surface area contributed by atoms with Crippen molar-refractivity contribution in [2.45, 2.75) is 6.92 Å². The maximum Gasteiger partial charge on any atom is 0.342 e. The minimum Gasteiger partial charge on any atom is -0.462 e. The topological polar surface area (TPSA) is 68.1 Å². The molecule has 0 atom stereocenters. The summed E-state index contributed by atoms with van der Waals surface area (Å²) >= 11 is 3.17. The van der Waals surface area contributed by atoms with E-state index < -0.39 is 11.8 Å². The van der Waals surface area contributed by atoms with Crippen LogP contribution in [0.3, 0.4) is 0 Å². The molecule has 0 fully saturated rings. The van der Waals surface area contributed by atoms with E-state index in [1.807, 2.05) is 0 Å². The Morgan fingerprint density at radius 3 is 2.94 bits per heavy atom. The first kappa shape index (κ1) is 11.9. The number of ether oxygens (including phenoxy) is 1. The molecule has 1 aromatic carbocycles. The minimum atomic E-state index is -0.627. The molecule has 0 bridgehead atoms. The molecule has 4 nitrogen and oxygen atoms in total. The standard InChI is InChI=1S/C11H10BrFN2O2/c1-2-17-11(16)9-8-6(13)3-5(12)4-7(8)15-10(9)14/h3-4,15H,2,14H2,1H3. The summed E-state index contributed by atoms with van der Waals surface area (Å²) in [6.45, 7) is 1.89. The van der Waals surface area contributed by atoms with Crippen molar-refractivity contribution in [1.29, 1.82) is 0 Å². The predicted molar refractivity (Wildman–Crippen MR) is 66.3 cm³/mol. The molecule has 90 valence electrons. The molecule has 17 heavy (non-hydrogen) atoms. The SMILES string of the molecule is CCOC(=O)c1c(N)[nH]c2cc(Br)cc(F)c12. The maximum atomic E-state index is 13.8. The zero-order valence-corrected chi connectivity index (χ0v) is 10.6. The van der Waals surface area contributed by atoms with Crippen LogP contribution >= 0.6 is 15.9 Å². The number of carbonyl (C=O) groups excluding carboxylic acids is 1. The van der Waals surface area contributed by atoms with Crippen LogP contribution in [-0.4, -0.2) is 17.6 Å². The number of nitrogen functional groups attached to an aromatic ring is 1. The van der Waals surface area contributed by atoms with Crippen LogP contribution in [0.2, 0.25) is 0 Å².